The van der Waals surface area contributed by atoms with Crippen LogP contribution in [0.4, 0.5) is 5.69 Å². The number of carbonyl (C=O) groups excluding carboxylic acids is 2. The molecule has 0 unspecified atom stereocenters. The van der Waals surface area contributed by atoms with Gasteiger partial charge in [0.2, 0.25) is 0 Å². The minimum atomic E-state index is -0.841. The minimum Gasteiger partial charge on any atom is -0.463 e. The Balaban J connectivity index is 2.19. The SMILES string of the molecule is CSc1cc(N2C(=O)C(C)(C)N(CCCC(=O)OC(C)C)C2=S)cnc1C#N. The number of thioether (sulfide) groups is 1. The van der Waals surface area contributed by atoms with Crippen LogP contribution in [0.2, 0.25) is 0 Å². The maximum absolute atomic E-state index is 13.1. The average molecular weight is 421 g/mol. The molecule has 1 fully saturated rings. The highest BCUT2D eigenvalue weighted by molar-refractivity contribution is 7.98. The maximum Gasteiger partial charge on any atom is 0.306 e. The second-order valence-corrected chi connectivity index (χ2v) is 8.35. The van der Waals surface area contributed by atoms with Crippen molar-refractivity contribution in [2.24, 2.45) is 0 Å². The topological polar surface area (TPSA) is 86.5 Å². The highest BCUT2D eigenvalue weighted by Crippen LogP contribution is 2.34. The van der Waals surface area contributed by atoms with E-state index in [0.717, 1.165) is 0 Å². The van der Waals surface area contributed by atoms with Crippen LogP contribution < -0.4 is 4.90 Å². The summed E-state index contributed by atoms with van der Waals surface area (Å²) in [5, 5.41) is 9.52. The summed E-state index contributed by atoms with van der Waals surface area (Å²) in [6.45, 7) is 7.69. The minimum absolute atomic E-state index is 0.150. The van der Waals surface area contributed by atoms with Crippen LogP contribution in [-0.2, 0) is 14.3 Å². The fourth-order valence-corrected chi connectivity index (χ4v) is 3.98. The van der Waals surface area contributed by atoms with E-state index in [1.165, 1.54) is 22.9 Å². The van der Waals surface area contributed by atoms with Gasteiger partial charge in [0.25, 0.3) is 5.91 Å². The molecular formula is C19H24N4O3S2. The van der Waals surface area contributed by atoms with E-state index in [1.807, 2.05) is 31.1 Å². The number of anilines is 1. The molecule has 1 aliphatic rings. The van der Waals surface area contributed by atoms with Crippen molar-refractivity contribution in [1.29, 1.82) is 5.26 Å². The Kier molecular flexibility index (Phi) is 7.01. The van der Waals surface area contributed by atoms with Gasteiger partial charge in [-0.25, -0.2) is 4.98 Å². The van der Waals surface area contributed by atoms with Crippen LogP contribution in [0.1, 0.15) is 46.2 Å². The lowest BCUT2D eigenvalue weighted by molar-refractivity contribution is -0.147. The van der Waals surface area contributed by atoms with E-state index in [1.54, 1.807) is 19.9 Å². The van der Waals surface area contributed by atoms with Crippen LogP contribution in [0.15, 0.2) is 17.2 Å². The quantitative estimate of drug-likeness (QED) is 0.378. The van der Waals surface area contributed by atoms with Gasteiger partial charge in [-0.3, -0.25) is 14.5 Å². The van der Waals surface area contributed by atoms with Gasteiger partial charge in [0, 0.05) is 17.9 Å². The second-order valence-electron chi connectivity index (χ2n) is 7.13. The van der Waals surface area contributed by atoms with Crippen molar-refractivity contribution in [3.05, 3.63) is 18.0 Å². The molecule has 1 aliphatic heterocycles. The third-order valence-corrected chi connectivity index (χ3v) is 5.53. The van der Waals surface area contributed by atoms with Gasteiger partial charge in [-0.15, -0.1) is 11.8 Å². The lowest BCUT2D eigenvalue weighted by Gasteiger charge is -2.29. The van der Waals surface area contributed by atoms with Gasteiger partial charge in [0.15, 0.2) is 10.8 Å². The van der Waals surface area contributed by atoms with Gasteiger partial charge in [0.05, 0.1) is 18.0 Å². The summed E-state index contributed by atoms with van der Waals surface area (Å²) in [6.07, 6.45) is 3.97. The Morgan fingerprint density at radius 2 is 2.14 bits per heavy atom. The third-order valence-electron chi connectivity index (χ3n) is 4.38. The summed E-state index contributed by atoms with van der Waals surface area (Å²) in [5.74, 6) is -0.428. The molecule has 150 valence electrons. The number of nitrogens with zero attached hydrogens (tertiary/aromatic N) is 4. The molecular weight excluding hydrogens is 396 g/mol. The van der Waals surface area contributed by atoms with E-state index in [-0.39, 0.29) is 24.4 Å². The summed E-state index contributed by atoms with van der Waals surface area (Å²) in [7, 11) is 0. The molecule has 0 spiro atoms. The summed E-state index contributed by atoms with van der Waals surface area (Å²) in [6, 6.07) is 3.79. The molecule has 0 aromatic carbocycles. The van der Waals surface area contributed by atoms with Crippen LogP contribution in [0.25, 0.3) is 0 Å². The molecule has 0 atom stereocenters. The largest absolute Gasteiger partial charge is 0.463 e. The van der Waals surface area contributed by atoms with Gasteiger partial charge >= 0.3 is 5.97 Å². The van der Waals surface area contributed by atoms with Crippen LogP contribution in [0.5, 0.6) is 0 Å². The molecule has 1 aromatic heterocycles. The third kappa shape index (κ3) is 4.45. The molecule has 0 N–H and O–H groups in total. The van der Waals surface area contributed by atoms with Gasteiger partial charge in [-0.2, -0.15) is 5.26 Å². The van der Waals surface area contributed by atoms with Crippen molar-refractivity contribution in [2.75, 3.05) is 17.7 Å². The number of hydrogen-bond acceptors (Lipinski definition) is 7. The maximum atomic E-state index is 13.1. The number of carbonyl (C=O) groups is 2. The number of ether oxygens (including phenoxy) is 1. The Labute approximate surface area is 175 Å². The van der Waals surface area contributed by atoms with E-state index in [4.69, 9.17) is 22.2 Å². The van der Waals surface area contributed by atoms with E-state index < -0.39 is 5.54 Å². The first-order valence-electron chi connectivity index (χ1n) is 8.93. The zero-order valence-electron chi connectivity index (χ0n) is 16.7. The molecule has 1 amide bonds. The zero-order valence-corrected chi connectivity index (χ0v) is 18.3. The van der Waals surface area contributed by atoms with Crippen LogP contribution >= 0.6 is 24.0 Å². The molecule has 7 nitrogen and oxygen atoms in total. The van der Waals surface area contributed by atoms with Crippen molar-refractivity contribution in [3.63, 3.8) is 0 Å². The number of amides is 1. The van der Waals surface area contributed by atoms with Gasteiger partial charge in [-0.1, -0.05) is 0 Å². The predicted molar refractivity (Wildman–Crippen MR) is 112 cm³/mol. The molecule has 1 saturated heterocycles. The number of hydrogen-bond donors (Lipinski definition) is 0. The average Bonchev–Trinajstić information content (AvgIpc) is 2.80. The number of pyridine rings is 1. The Hall–Kier alpha value is -2.18. The van der Waals surface area contributed by atoms with Gasteiger partial charge in [-0.05, 0) is 58.7 Å². The van der Waals surface area contributed by atoms with Crippen molar-refractivity contribution in [1.82, 2.24) is 9.88 Å². The Morgan fingerprint density at radius 3 is 2.71 bits per heavy atom. The van der Waals surface area contributed by atoms with Crippen molar-refractivity contribution >= 4 is 46.7 Å². The first-order valence-corrected chi connectivity index (χ1v) is 10.6. The molecule has 2 rings (SSSR count). The highest BCUT2D eigenvalue weighted by Gasteiger charge is 2.49. The van der Waals surface area contributed by atoms with Crippen molar-refractivity contribution in [3.8, 4) is 6.07 Å². The molecule has 0 saturated carbocycles. The number of aromatic nitrogens is 1. The van der Waals surface area contributed by atoms with Crippen LogP contribution in [0.3, 0.4) is 0 Å². The van der Waals surface area contributed by atoms with E-state index in [9.17, 15) is 9.59 Å². The number of esters is 1. The van der Waals surface area contributed by atoms with Crippen LogP contribution in [0, 0.1) is 11.3 Å². The van der Waals surface area contributed by atoms with Crippen LogP contribution in [-0.4, -0.2) is 51.3 Å². The van der Waals surface area contributed by atoms with Crippen molar-refractivity contribution < 1.29 is 14.3 Å². The summed E-state index contributed by atoms with van der Waals surface area (Å²) in [5.41, 5.74) is 0.00801. The lowest BCUT2D eigenvalue weighted by atomic mass is 10.0. The highest BCUT2D eigenvalue weighted by atomic mass is 32.2. The Bertz CT molecular complexity index is 833. The van der Waals surface area contributed by atoms with E-state index in [0.29, 0.717) is 34.4 Å². The number of thiocarbonyl (C=S) groups is 1. The summed E-state index contributed by atoms with van der Waals surface area (Å²) >= 11 is 6.96. The van der Waals surface area contributed by atoms with E-state index >= 15 is 0 Å². The first-order chi connectivity index (χ1) is 13.1. The number of nitriles is 1. The normalized spacial score (nSPS) is 15.9. The predicted octanol–water partition coefficient (Wildman–Crippen LogP) is 3.12. The molecule has 9 heteroatoms. The summed E-state index contributed by atoms with van der Waals surface area (Å²) in [4.78, 5) is 32.9. The van der Waals surface area contributed by atoms with E-state index in [2.05, 4.69) is 4.98 Å². The summed E-state index contributed by atoms with van der Waals surface area (Å²) < 4.78 is 5.15. The lowest BCUT2D eigenvalue weighted by Crippen LogP contribution is -2.44. The Morgan fingerprint density at radius 1 is 1.46 bits per heavy atom. The fourth-order valence-electron chi connectivity index (χ4n) is 2.94. The molecule has 0 bridgehead atoms. The van der Waals surface area contributed by atoms with Gasteiger partial charge < -0.3 is 9.64 Å². The standard InChI is InChI=1S/C19H24N4O3S2/c1-12(2)26-16(24)7-6-8-22-18(27)23(17(25)19(22,3)4)13-9-15(28-5)14(10-20)21-11-13/h9,11-12H,6-8H2,1-5H3. The zero-order chi connectivity index (χ0) is 21.1. The molecule has 1 aromatic rings. The molecule has 0 aliphatic carbocycles. The second kappa shape index (κ2) is 8.88. The molecule has 0 radical (unpaired) electrons. The monoisotopic (exact) mass is 420 g/mol. The first kappa shape index (κ1) is 22.1. The van der Waals surface area contributed by atoms with Crippen molar-refractivity contribution in [2.45, 2.75) is 57.1 Å². The number of rotatable bonds is 7. The smallest absolute Gasteiger partial charge is 0.306 e. The van der Waals surface area contributed by atoms with Gasteiger partial charge in [0.1, 0.15) is 11.6 Å². The molecule has 28 heavy (non-hydrogen) atoms. The molecule has 2 heterocycles. The fraction of sp³-hybridized carbons (Fsp3) is 0.526.